The van der Waals surface area contributed by atoms with Gasteiger partial charge >= 0.3 is 5.97 Å². The van der Waals surface area contributed by atoms with Gasteiger partial charge in [0, 0.05) is 4.47 Å². The Hall–Kier alpha value is -1.66. The zero-order valence-corrected chi connectivity index (χ0v) is 13.2. The Balaban J connectivity index is 1.74. The van der Waals surface area contributed by atoms with Gasteiger partial charge in [-0.3, -0.25) is 0 Å². The van der Waals surface area contributed by atoms with Crippen molar-refractivity contribution in [2.45, 2.75) is 19.6 Å². The summed E-state index contributed by atoms with van der Waals surface area (Å²) in [6.45, 7) is 2.90. The molecule has 112 valence electrons. The smallest absolute Gasteiger partial charge is 0.360 e. The lowest BCUT2D eigenvalue weighted by Crippen LogP contribution is -2.24. The minimum Gasteiger partial charge on any atom is -0.461 e. The van der Waals surface area contributed by atoms with E-state index >= 15 is 0 Å². The van der Waals surface area contributed by atoms with Crippen molar-refractivity contribution in [3.63, 3.8) is 0 Å². The molecule has 1 aromatic rings. The fourth-order valence-corrected chi connectivity index (χ4v) is 2.15. The number of oxime groups is 1. The molecular weight excluding hydrogens is 338 g/mol. The molecule has 0 fully saturated rings. The summed E-state index contributed by atoms with van der Waals surface area (Å²) < 4.78 is 11.4. The van der Waals surface area contributed by atoms with Crippen molar-refractivity contribution in [2.75, 3.05) is 13.2 Å². The molecule has 0 amide bonds. The number of ether oxygens (including phenoxy) is 2. The van der Waals surface area contributed by atoms with Gasteiger partial charge in [0.05, 0.1) is 19.8 Å². The van der Waals surface area contributed by atoms with Gasteiger partial charge in [0.2, 0.25) is 0 Å². The molecule has 1 unspecified atom stereocenters. The predicted octanol–water partition coefficient (Wildman–Crippen LogP) is 2.84. The minimum absolute atomic E-state index is 0.167. The fourth-order valence-electron chi connectivity index (χ4n) is 1.70. The molecule has 1 aromatic carbocycles. The third kappa shape index (κ3) is 4.99. The number of hydrogen-bond acceptors (Lipinski definition) is 5. The second-order valence-electron chi connectivity index (χ2n) is 4.35. The van der Waals surface area contributed by atoms with Gasteiger partial charge in [-0.25, -0.2) is 4.79 Å². The Kier molecular flexibility index (Phi) is 5.95. The van der Waals surface area contributed by atoms with Gasteiger partial charge in [0.1, 0.15) is 0 Å². The van der Waals surface area contributed by atoms with E-state index in [1.807, 2.05) is 24.3 Å². The number of halogens is 1. The summed E-state index contributed by atoms with van der Waals surface area (Å²) in [5.41, 5.74) is 1.24. The van der Waals surface area contributed by atoms with Gasteiger partial charge in [-0.1, -0.05) is 33.2 Å². The lowest BCUT2D eigenvalue weighted by atomic mass is 10.2. The number of rotatable bonds is 6. The molecule has 0 saturated heterocycles. The Morgan fingerprint density at radius 1 is 1.48 bits per heavy atom. The maximum Gasteiger partial charge on any atom is 0.360 e. The average Bonchev–Trinajstić information content (AvgIpc) is 2.48. The van der Waals surface area contributed by atoms with Crippen LogP contribution in [0.4, 0.5) is 0 Å². The van der Waals surface area contributed by atoms with Crippen LogP contribution in [0.1, 0.15) is 12.5 Å². The predicted molar refractivity (Wildman–Crippen MR) is 81.9 cm³/mol. The van der Waals surface area contributed by atoms with E-state index in [1.54, 1.807) is 19.1 Å². The Bertz CT molecular complexity index is 556. The summed E-state index contributed by atoms with van der Waals surface area (Å²) in [7, 11) is 0. The summed E-state index contributed by atoms with van der Waals surface area (Å²) in [5, 5.41) is 3.74. The first-order valence-corrected chi connectivity index (χ1v) is 7.39. The normalized spacial score (nSPS) is 17.0. The third-order valence-electron chi connectivity index (χ3n) is 2.68. The maximum absolute atomic E-state index is 11.4. The summed E-state index contributed by atoms with van der Waals surface area (Å²) >= 11 is 3.41. The first-order valence-electron chi connectivity index (χ1n) is 6.60. The standard InChI is InChI=1S/C15H16BrNO4/c1-2-20-15(18)14-7-6-13(21-17-14)10-19-9-11-4-3-5-12(16)8-11/h3-8,13H,2,9-10H2,1H3. The molecule has 0 N–H and O–H groups in total. The van der Waals surface area contributed by atoms with Crippen LogP contribution in [0.25, 0.3) is 0 Å². The molecule has 1 aliphatic heterocycles. The van der Waals surface area contributed by atoms with E-state index in [0.717, 1.165) is 10.0 Å². The largest absolute Gasteiger partial charge is 0.461 e. The monoisotopic (exact) mass is 353 g/mol. The van der Waals surface area contributed by atoms with Crippen LogP contribution < -0.4 is 0 Å². The van der Waals surface area contributed by atoms with Crippen molar-refractivity contribution in [1.82, 2.24) is 0 Å². The van der Waals surface area contributed by atoms with Crippen LogP contribution in [-0.4, -0.2) is 31.0 Å². The Morgan fingerprint density at radius 2 is 2.33 bits per heavy atom. The van der Waals surface area contributed by atoms with Crippen molar-refractivity contribution >= 4 is 27.6 Å². The fraction of sp³-hybridized carbons (Fsp3) is 0.333. The lowest BCUT2D eigenvalue weighted by molar-refractivity contribution is -0.135. The van der Waals surface area contributed by atoms with Crippen LogP contribution in [0.5, 0.6) is 0 Å². The number of carbonyl (C=O) groups excluding carboxylic acids is 1. The molecule has 0 aliphatic carbocycles. The minimum atomic E-state index is -0.484. The van der Waals surface area contributed by atoms with E-state index in [0.29, 0.717) is 19.8 Å². The molecule has 1 atom stereocenters. The van der Waals surface area contributed by atoms with Gasteiger partial charge in [0.15, 0.2) is 11.8 Å². The number of esters is 1. The van der Waals surface area contributed by atoms with E-state index in [9.17, 15) is 4.79 Å². The van der Waals surface area contributed by atoms with Gasteiger partial charge in [0.25, 0.3) is 0 Å². The van der Waals surface area contributed by atoms with Crippen molar-refractivity contribution in [3.05, 3.63) is 46.5 Å². The third-order valence-corrected chi connectivity index (χ3v) is 3.17. The van der Waals surface area contributed by atoms with E-state index in [1.165, 1.54) is 0 Å². The Morgan fingerprint density at radius 3 is 3.00 bits per heavy atom. The SMILES string of the molecule is CCOC(=O)C1=NOC(COCc2cccc(Br)c2)C=C1. The molecule has 0 aromatic heterocycles. The lowest BCUT2D eigenvalue weighted by Gasteiger charge is -2.15. The van der Waals surface area contributed by atoms with E-state index in [2.05, 4.69) is 21.1 Å². The second-order valence-corrected chi connectivity index (χ2v) is 5.26. The molecule has 0 saturated carbocycles. The number of benzene rings is 1. The van der Waals surface area contributed by atoms with Gasteiger partial charge in [-0.05, 0) is 36.8 Å². The number of carbonyl (C=O) groups is 1. The molecule has 5 nitrogen and oxygen atoms in total. The van der Waals surface area contributed by atoms with Crippen molar-refractivity contribution < 1.29 is 19.1 Å². The molecule has 1 aliphatic rings. The summed E-state index contributed by atoms with van der Waals surface area (Å²) in [6.07, 6.45) is 3.03. The molecular formula is C15H16BrNO4. The van der Waals surface area contributed by atoms with Crippen LogP contribution in [0.15, 0.2) is 46.0 Å². The topological polar surface area (TPSA) is 57.1 Å². The van der Waals surface area contributed by atoms with Crippen LogP contribution in [0.3, 0.4) is 0 Å². The van der Waals surface area contributed by atoms with E-state index in [4.69, 9.17) is 14.3 Å². The van der Waals surface area contributed by atoms with Gasteiger partial charge < -0.3 is 14.3 Å². The highest BCUT2D eigenvalue weighted by atomic mass is 79.9. The molecule has 6 heteroatoms. The maximum atomic E-state index is 11.4. The molecule has 0 spiro atoms. The number of nitrogens with zero attached hydrogens (tertiary/aromatic N) is 1. The summed E-state index contributed by atoms with van der Waals surface area (Å²) in [5.74, 6) is -0.484. The van der Waals surface area contributed by atoms with Crippen LogP contribution in [0, 0.1) is 0 Å². The zero-order chi connectivity index (χ0) is 15.1. The molecule has 1 heterocycles. The van der Waals surface area contributed by atoms with Crippen molar-refractivity contribution in [3.8, 4) is 0 Å². The van der Waals surface area contributed by atoms with Crippen molar-refractivity contribution in [2.24, 2.45) is 5.16 Å². The van der Waals surface area contributed by atoms with Crippen molar-refractivity contribution in [1.29, 1.82) is 0 Å². The van der Waals surface area contributed by atoms with E-state index in [-0.39, 0.29) is 11.8 Å². The molecule has 0 radical (unpaired) electrons. The second kappa shape index (κ2) is 7.95. The Labute approximate surface area is 131 Å². The molecule has 21 heavy (non-hydrogen) atoms. The van der Waals surface area contributed by atoms with Crippen LogP contribution in [0.2, 0.25) is 0 Å². The molecule has 0 bridgehead atoms. The molecule has 2 rings (SSSR count). The summed E-state index contributed by atoms with van der Waals surface area (Å²) in [4.78, 5) is 16.6. The highest BCUT2D eigenvalue weighted by Gasteiger charge is 2.17. The van der Waals surface area contributed by atoms with E-state index < -0.39 is 5.97 Å². The zero-order valence-electron chi connectivity index (χ0n) is 11.6. The quantitative estimate of drug-likeness (QED) is 0.738. The van der Waals surface area contributed by atoms with Crippen LogP contribution in [-0.2, 0) is 25.7 Å². The van der Waals surface area contributed by atoms with Crippen LogP contribution >= 0.6 is 15.9 Å². The highest BCUT2D eigenvalue weighted by molar-refractivity contribution is 9.10. The average molecular weight is 354 g/mol. The van der Waals surface area contributed by atoms with Gasteiger partial charge in [-0.15, -0.1) is 0 Å². The number of hydrogen-bond donors (Lipinski definition) is 0. The summed E-state index contributed by atoms with van der Waals surface area (Å²) in [6, 6.07) is 7.89. The first-order chi connectivity index (χ1) is 10.2. The highest BCUT2D eigenvalue weighted by Crippen LogP contribution is 2.13. The van der Waals surface area contributed by atoms with Gasteiger partial charge in [-0.2, -0.15) is 0 Å². The first kappa shape index (κ1) is 15.7.